The van der Waals surface area contributed by atoms with Gasteiger partial charge in [0, 0.05) is 0 Å². The van der Waals surface area contributed by atoms with E-state index in [1.807, 2.05) is 74.8 Å². The molecule has 540 valence electrons. The van der Waals surface area contributed by atoms with Crippen LogP contribution in [-0.2, 0) is 14.1 Å². The Hall–Kier alpha value is -8.44. The van der Waals surface area contributed by atoms with Crippen molar-refractivity contribution in [1.82, 2.24) is 17.9 Å². The van der Waals surface area contributed by atoms with Gasteiger partial charge in [0.05, 0.1) is 0 Å². The van der Waals surface area contributed by atoms with Crippen LogP contribution in [0.1, 0.15) is 182 Å². The van der Waals surface area contributed by atoms with E-state index in [2.05, 4.69) is 132 Å². The van der Waals surface area contributed by atoms with Crippen LogP contribution in [0.4, 0.5) is 45.5 Å². The molecule has 12 aromatic rings. The summed E-state index contributed by atoms with van der Waals surface area (Å²) in [4.78, 5) is 30.9. The Balaban J connectivity index is 0.848. The van der Waals surface area contributed by atoms with Crippen LogP contribution in [0.5, 0.6) is 23.0 Å². The van der Waals surface area contributed by atoms with Crippen LogP contribution < -0.4 is 28.7 Å². The zero-order valence-electron chi connectivity index (χ0n) is 60.7. The predicted molar refractivity (Wildman–Crippen MR) is 428 cm³/mol. The van der Waals surface area contributed by atoms with Crippen molar-refractivity contribution < 1.29 is 28.8 Å². The summed E-state index contributed by atoms with van der Waals surface area (Å²) in [5, 5.41) is 29.6. The summed E-state index contributed by atoms with van der Waals surface area (Å²) in [6.45, 7) is 11.7. The third-order valence-corrected chi connectivity index (χ3v) is 25.3. The van der Waals surface area contributed by atoms with Gasteiger partial charge in [0.25, 0.3) is 0 Å². The Morgan fingerprint density at radius 3 is 0.922 bits per heavy atom. The second-order valence-corrected chi connectivity index (χ2v) is 32.1. The molecule has 7 aromatic carbocycles. The van der Waals surface area contributed by atoms with Crippen molar-refractivity contribution in [2.24, 2.45) is 14.1 Å². The van der Waals surface area contributed by atoms with Gasteiger partial charge >= 0.3 is 444 Å². The zero-order chi connectivity index (χ0) is 71.6. The number of ether oxygens (including phenoxy) is 4. The average Bonchev–Trinajstić information content (AvgIpc) is 1.61. The molecule has 0 unspecified atom stereocenters. The molecule has 0 radical (unpaired) electrons. The number of benzene rings is 7. The summed E-state index contributed by atoms with van der Waals surface area (Å²) in [6, 6.07) is 50.1. The zero-order valence-corrected chi connectivity index (χ0v) is 65.0. The van der Waals surface area contributed by atoms with E-state index >= 15 is 0 Å². The van der Waals surface area contributed by atoms with E-state index in [1.54, 1.807) is 0 Å². The number of hydrogen-bond donors (Lipinski definition) is 0. The van der Waals surface area contributed by atoms with Gasteiger partial charge in [-0.2, -0.15) is 0 Å². The molecule has 0 aliphatic heterocycles. The number of fused-ring (bicyclic) bond motifs is 7. The van der Waals surface area contributed by atoms with Gasteiger partial charge in [-0.3, -0.25) is 0 Å². The maximum atomic E-state index is 13.8. The second-order valence-electron chi connectivity index (χ2n) is 27.2. The van der Waals surface area contributed by atoms with Crippen molar-refractivity contribution in [3.63, 3.8) is 0 Å². The summed E-state index contributed by atoms with van der Waals surface area (Å²) in [5.74, 6) is 3.33. The topological polar surface area (TPSA) is 165 Å². The molecule has 0 N–H and O–H groups in total. The molecule has 19 heteroatoms. The summed E-state index contributed by atoms with van der Waals surface area (Å²) in [6.07, 6.45) is 28.7. The fourth-order valence-electron chi connectivity index (χ4n) is 14.2. The van der Waals surface area contributed by atoms with Gasteiger partial charge in [-0.15, -0.1) is 0 Å². The molecule has 0 fully saturated rings. The van der Waals surface area contributed by atoms with Crippen LogP contribution in [0, 0.1) is 20.2 Å². The van der Waals surface area contributed by atoms with E-state index in [0.717, 1.165) is 162 Å². The van der Waals surface area contributed by atoms with Crippen molar-refractivity contribution in [3.05, 3.63) is 166 Å². The van der Waals surface area contributed by atoms with Gasteiger partial charge in [-0.25, -0.2) is 0 Å². The molecule has 103 heavy (non-hydrogen) atoms. The molecular weight excluding hydrogens is 1440 g/mol. The number of anilines is 6. The van der Waals surface area contributed by atoms with Crippen LogP contribution >= 0.6 is 11.7 Å². The number of rotatable bonds is 42. The quantitative estimate of drug-likeness (QED) is 0.0154. The number of unbranched alkanes of at least 4 members (excludes halogenated alkanes) is 20. The number of aromatic nitrogens is 4. The number of nitro groups is 2. The molecule has 16 nitrogen and oxygen atoms in total. The Morgan fingerprint density at radius 1 is 0.369 bits per heavy atom. The third-order valence-electron chi connectivity index (χ3n) is 19.8. The molecule has 0 amide bonds. The van der Waals surface area contributed by atoms with Gasteiger partial charge in [0.2, 0.25) is 0 Å². The first-order valence-corrected chi connectivity index (χ1v) is 41.8. The van der Waals surface area contributed by atoms with E-state index in [9.17, 15) is 20.2 Å². The predicted octanol–water partition coefficient (Wildman–Crippen LogP) is 24.1. The molecule has 0 atom stereocenters. The molecule has 0 aliphatic carbocycles. The fourth-order valence-corrected chi connectivity index (χ4v) is 20.0. The van der Waals surface area contributed by atoms with E-state index in [0.29, 0.717) is 46.3 Å². The number of nitrogens with zero attached hydrogens (tertiary/aromatic N) is 8. The van der Waals surface area contributed by atoms with Crippen molar-refractivity contribution in [2.75, 3.05) is 36.2 Å². The van der Waals surface area contributed by atoms with Crippen LogP contribution in [0.2, 0.25) is 0 Å². The molecule has 0 bridgehead atoms. The standard InChI is InChI=1S/C84H98N8O8SSe2/c1-7-11-15-19-23-27-51-97-65-41-31-59(32-42-65)89(60-33-43-66(44-34-60)98-52-28-24-20-16-12-8-2)63-39-49-69-71(55-63)87(5)73-57-75(102-83(69)73)77-79-80(86-101-85-79)78(82(92(95)96)81(77)91(93)94)76-58-74-84(103-76)70-50-40-64(56-72(70)88(74)6)90(61-35-45-67(46-36-61)99-53-29-25-21-17-13-9-3)62-37-47-68(48-38-62)100-54-30-26-22-18-14-10-4/h31-50,55-58H,7-30,51-54H2,1-6H3. The Bertz CT molecular complexity index is 4350. The first kappa shape index (κ1) is 74.3. The molecular formula is C84H98N8O8SSe2. The SMILES string of the molecule is CCCCCCCCOc1ccc(N(c2ccc(OCCCCCCCC)cc2)c2ccc3c4[se]c(-c5c([N+](=O)[O-])c([N+](=O)[O-])c(-c6cc7c([se]6)c6ccc(N(c8ccc(OCCCCCCCC)cc8)c8ccc(OCCCCCCCC)cc8)cc6n7C)c6nsnc56)cc4n(C)c3c2)cc1. The molecule has 12 rings (SSSR count). The minimum atomic E-state index is -0.580. The van der Waals surface area contributed by atoms with E-state index < -0.39 is 50.2 Å². The molecule has 0 aliphatic rings. The summed E-state index contributed by atoms with van der Waals surface area (Å²) in [5.41, 5.74) is 9.30. The van der Waals surface area contributed by atoms with E-state index in [4.69, 9.17) is 27.7 Å². The molecule has 0 saturated carbocycles. The van der Waals surface area contributed by atoms with Gasteiger partial charge in [0.15, 0.2) is 0 Å². The molecule has 5 heterocycles. The molecule has 0 saturated heterocycles. The Kier molecular flexibility index (Phi) is 26.2. The molecule has 0 spiro atoms. The monoisotopic (exact) mass is 1540 g/mol. The van der Waals surface area contributed by atoms with Crippen LogP contribution in [0.3, 0.4) is 0 Å². The average molecular weight is 1540 g/mol. The molecule has 5 aromatic heterocycles. The van der Waals surface area contributed by atoms with E-state index in [1.165, 1.54) is 103 Å². The first-order valence-electron chi connectivity index (χ1n) is 37.7. The number of nitro benzene ring substituents is 2. The van der Waals surface area contributed by atoms with Crippen molar-refractivity contribution >= 4 is 139 Å². The Morgan fingerprint density at radius 2 is 0.641 bits per heavy atom. The normalized spacial score (nSPS) is 11.7. The van der Waals surface area contributed by atoms with Crippen LogP contribution in [0.25, 0.3) is 72.4 Å². The second kappa shape index (κ2) is 36.3. The number of aryl methyl sites for hydroxylation is 2. The number of hydrogen-bond acceptors (Lipinski definition) is 13. The van der Waals surface area contributed by atoms with Gasteiger partial charge in [-0.1, -0.05) is 156 Å². The van der Waals surface area contributed by atoms with Gasteiger partial charge in [-0.05, 0) is 25.7 Å². The van der Waals surface area contributed by atoms with Crippen molar-refractivity contribution in [1.29, 1.82) is 0 Å². The summed E-state index contributed by atoms with van der Waals surface area (Å²) >= 11 is -0.108. The van der Waals surface area contributed by atoms with Gasteiger partial charge in [0.1, 0.15) is 0 Å². The van der Waals surface area contributed by atoms with E-state index in [-0.39, 0.29) is 11.1 Å². The maximum absolute atomic E-state index is 13.8. The van der Waals surface area contributed by atoms with Crippen molar-refractivity contribution in [3.8, 4) is 43.0 Å². The minimum absolute atomic E-state index is 0.159. The van der Waals surface area contributed by atoms with Crippen molar-refractivity contribution in [2.45, 2.75) is 182 Å². The summed E-state index contributed by atoms with van der Waals surface area (Å²) in [7, 11) is 4.03. The van der Waals surface area contributed by atoms with Crippen LogP contribution in [-0.4, -0.2) is 83.2 Å². The fraction of sp³-hybridized carbons (Fsp3) is 0.405. The van der Waals surface area contributed by atoms with Gasteiger partial charge < -0.3 is 0 Å². The first-order chi connectivity index (χ1) is 50.5. The van der Waals surface area contributed by atoms with Crippen LogP contribution in [0.15, 0.2) is 146 Å². The Labute approximate surface area is 622 Å². The third kappa shape index (κ3) is 17.5. The summed E-state index contributed by atoms with van der Waals surface area (Å²) < 4.78 is 42.1.